The Balaban J connectivity index is 1.87. The molecule has 0 fully saturated rings. The summed E-state index contributed by atoms with van der Waals surface area (Å²) in [6.45, 7) is 13.3. The van der Waals surface area contributed by atoms with Crippen molar-refractivity contribution in [3.8, 4) is 11.5 Å². The molecule has 0 aliphatic carbocycles. The topological polar surface area (TPSA) is 71.0 Å². The minimum Gasteiger partial charge on any atom is -0.493 e. The van der Waals surface area contributed by atoms with Gasteiger partial charge in [-0.3, -0.25) is 4.99 Å². The Bertz CT molecular complexity index is 798. The third-order valence-electron chi connectivity index (χ3n) is 4.95. The molecule has 8 heteroatoms. The maximum atomic E-state index is 5.93. The highest BCUT2D eigenvalue weighted by Crippen LogP contribution is 2.28. The lowest BCUT2D eigenvalue weighted by atomic mass is 10.2. The number of methoxy groups -OCH3 is 1. The van der Waals surface area contributed by atoms with E-state index in [4.69, 9.17) is 9.47 Å². The van der Waals surface area contributed by atoms with Crippen molar-refractivity contribution in [3.05, 3.63) is 39.3 Å². The van der Waals surface area contributed by atoms with Gasteiger partial charge >= 0.3 is 0 Å². The van der Waals surface area contributed by atoms with Crippen molar-refractivity contribution < 1.29 is 9.47 Å². The fourth-order valence-corrected chi connectivity index (χ4v) is 3.82. The molecule has 0 radical (unpaired) electrons. The number of thiazole rings is 1. The van der Waals surface area contributed by atoms with Gasteiger partial charge < -0.3 is 25.0 Å². The van der Waals surface area contributed by atoms with Crippen LogP contribution in [0.25, 0.3) is 0 Å². The molecule has 7 nitrogen and oxygen atoms in total. The minimum absolute atomic E-state index is 0.631. The van der Waals surface area contributed by atoms with Gasteiger partial charge in [0.25, 0.3) is 0 Å². The maximum absolute atomic E-state index is 5.93. The summed E-state index contributed by atoms with van der Waals surface area (Å²) in [7, 11) is 3.43. The fraction of sp³-hybridized carbons (Fsp3) is 0.545. The van der Waals surface area contributed by atoms with Crippen molar-refractivity contribution in [1.82, 2.24) is 20.5 Å². The zero-order chi connectivity index (χ0) is 21.9. The first-order chi connectivity index (χ1) is 14.5. The Morgan fingerprint density at radius 1 is 1.13 bits per heavy atom. The van der Waals surface area contributed by atoms with E-state index < -0.39 is 0 Å². The molecule has 0 aliphatic heterocycles. The Kier molecular flexibility index (Phi) is 9.89. The summed E-state index contributed by atoms with van der Waals surface area (Å²) in [5.74, 6) is 2.25. The van der Waals surface area contributed by atoms with Crippen LogP contribution in [0.5, 0.6) is 11.5 Å². The molecule has 1 heterocycles. The number of hydrogen-bond donors (Lipinski definition) is 2. The minimum atomic E-state index is 0.631. The van der Waals surface area contributed by atoms with Gasteiger partial charge in [0.15, 0.2) is 17.5 Å². The average molecular weight is 434 g/mol. The number of aryl methyl sites for hydroxylation is 2. The van der Waals surface area contributed by atoms with Gasteiger partial charge in [0, 0.05) is 25.0 Å². The van der Waals surface area contributed by atoms with Gasteiger partial charge in [0.1, 0.15) is 11.6 Å². The van der Waals surface area contributed by atoms with Crippen molar-refractivity contribution in [2.24, 2.45) is 4.99 Å². The average Bonchev–Trinajstić information content (AvgIpc) is 3.09. The second-order valence-corrected chi connectivity index (χ2v) is 8.18. The molecule has 0 bridgehead atoms. The highest BCUT2D eigenvalue weighted by Gasteiger charge is 2.09. The summed E-state index contributed by atoms with van der Waals surface area (Å²) < 4.78 is 11.5. The van der Waals surface area contributed by atoms with E-state index in [1.807, 2.05) is 25.1 Å². The summed E-state index contributed by atoms with van der Waals surface area (Å²) in [5.41, 5.74) is 2.18. The summed E-state index contributed by atoms with van der Waals surface area (Å²) in [6.07, 6.45) is 0. The monoisotopic (exact) mass is 433 g/mol. The van der Waals surface area contributed by atoms with E-state index in [1.165, 1.54) is 4.88 Å². The van der Waals surface area contributed by atoms with Gasteiger partial charge in [-0.05, 0) is 44.6 Å². The highest BCUT2D eigenvalue weighted by atomic mass is 32.1. The lowest BCUT2D eigenvalue weighted by Gasteiger charge is -2.19. The number of nitrogens with zero attached hydrogens (tertiary/aromatic N) is 3. The molecule has 0 amide bonds. The number of ether oxygens (including phenoxy) is 2. The highest BCUT2D eigenvalue weighted by molar-refractivity contribution is 7.11. The van der Waals surface area contributed by atoms with Crippen LogP contribution in [-0.2, 0) is 13.1 Å². The van der Waals surface area contributed by atoms with E-state index in [9.17, 15) is 0 Å². The number of hydrogen-bond acceptors (Lipinski definition) is 6. The Morgan fingerprint density at radius 2 is 1.87 bits per heavy atom. The van der Waals surface area contributed by atoms with Crippen molar-refractivity contribution >= 4 is 17.3 Å². The molecular weight excluding hydrogens is 398 g/mol. The van der Waals surface area contributed by atoms with Gasteiger partial charge in [0.2, 0.25) is 0 Å². The molecule has 166 valence electrons. The van der Waals surface area contributed by atoms with Crippen LogP contribution in [0.4, 0.5) is 0 Å². The number of likely N-dealkylation sites (N-methyl/N-ethyl adjacent to an activating group) is 1. The smallest absolute Gasteiger partial charge is 0.191 e. The predicted octanol–water partition coefficient (Wildman–Crippen LogP) is 3.35. The van der Waals surface area contributed by atoms with Crippen LogP contribution in [0.3, 0.4) is 0 Å². The third kappa shape index (κ3) is 7.18. The molecule has 2 N–H and O–H groups in total. The van der Waals surface area contributed by atoms with Crippen molar-refractivity contribution in [1.29, 1.82) is 0 Å². The lowest BCUT2D eigenvalue weighted by Crippen LogP contribution is -2.36. The third-order valence-corrected chi connectivity index (χ3v) is 6.02. The summed E-state index contributed by atoms with van der Waals surface area (Å²) >= 11 is 1.71. The normalized spacial score (nSPS) is 11.6. The van der Waals surface area contributed by atoms with Gasteiger partial charge in [-0.15, -0.1) is 11.3 Å². The van der Waals surface area contributed by atoms with Crippen molar-refractivity contribution in [3.63, 3.8) is 0 Å². The molecule has 0 unspecified atom stereocenters. The molecule has 0 saturated heterocycles. The number of nitrogens with one attached hydrogen (secondary N) is 2. The Morgan fingerprint density at radius 3 is 2.47 bits per heavy atom. The number of aliphatic imine (C=N–C) groups is 1. The molecule has 1 aromatic heterocycles. The molecule has 0 aliphatic rings. The molecule has 2 rings (SSSR count). The molecule has 0 atom stereocenters. The van der Waals surface area contributed by atoms with Crippen LogP contribution in [0.2, 0.25) is 0 Å². The number of rotatable bonds is 11. The van der Waals surface area contributed by atoms with Crippen LogP contribution >= 0.6 is 11.3 Å². The predicted molar refractivity (Wildman–Crippen MR) is 125 cm³/mol. The number of benzene rings is 1. The van der Waals surface area contributed by atoms with Gasteiger partial charge in [-0.2, -0.15) is 0 Å². The Labute approximate surface area is 184 Å². The van der Waals surface area contributed by atoms with E-state index in [1.54, 1.807) is 25.5 Å². The standard InChI is InChI=1S/C22H35N5O2S/c1-7-27(8-2)11-12-29-19-10-9-18(13-20(19)28-6)14-24-22(23-5)25-15-21-26-16(3)17(4)30-21/h9-10,13H,7-8,11-12,14-15H2,1-6H3,(H2,23,24,25). The molecule has 0 spiro atoms. The Hall–Kier alpha value is -2.32. The maximum Gasteiger partial charge on any atom is 0.191 e. The lowest BCUT2D eigenvalue weighted by molar-refractivity contribution is 0.217. The first-order valence-electron chi connectivity index (χ1n) is 10.4. The van der Waals surface area contributed by atoms with E-state index in [2.05, 4.69) is 46.3 Å². The number of guanidine groups is 1. The first kappa shape index (κ1) is 24.0. The summed E-state index contributed by atoms with van der Waals surface area (Å²) in [4.78, 5) is 12.4. The van der Waals surface area contributed by atoms with Crippen LogP contribution in [0.15, 0.2) is 23.2 Å². The second kappa shape index (κ2) is 12.4. The van der Waals surface area contributed by atoms with Gasteiger partial charge in [-0.25, -0.2) is 4.98 Å². The zero-order valence-electron chi connectivity index (χ0n) is 19.0. The summed E-state index contributed by atoms with van der Waals surface area (Å²) in [6, 6.07) is 6.01. The first-order valence-corrected chi connectivity index (χ1v) is 11.2. The van der Waals surface area contributed by atoms with Crippen LogP contribution in [0.1, 0.15) is 35.0 Å². The van der Waals surface area contributed by atoms with E-state index in [0.29, 0.717) is 19.7 Å². The van der Waals surface area contributed by atoms with Gasteiger partial charge in [-0.1, -0.05) is 19.9 Å². The molecule has 30 heavy (non-hydrogen) atoms. The SMILES string of the molecule is CCN(CC)CCOc1ccc(CNC(=NC)NCc2nc(C)c(C)s2)cc1OC. The largest absolute Gasteiger partial charge is 0.493 e. The number of aromatic nitrogens is 1. The van der Waals surface area contributed by atoms with Crippen molar-refractivity contribution in [2.75, 3.05) is 40.4 Å². The van der Waals surface area contributed by atoms with E-state index >= 15 is 0 Å². The molecule has 1 aromatic carbocycles. The molecule has 2 aromatic rings. The fourth-order valence-electron chi connectivity index (χ4n) is 2.95. The van der Waals surface area contributed by atoms with E-state index in [0.717, 1.165) is 53.4 Å². The van der Waals surface area contributed by atoms with Crippen LogP contribution < -0.4 is 20.1 Å². The second-order valence-electron chi connectivity index (χ2n) is 6.89. The van der Waals surface area contributed by atoms with E-state index in [-0.39, 0.29) is 0 Å². The van der Waals surface area contributed by atoms with Crippen LogP contribution in [0, 0.1) is 13.8 Å². The van der Waals surface area contributed by atoms with Crippen LogP contribution in [-0.4, -0.2) is 56.2 Å². The summed E-state index contributed by atoms with van der Waals surface area (Å²) in [5, 5.41) is 7.70. The zero-order valence-corrected chi connectivity index (χ0v) is 19.9. The van der Waals surface area contributed by atoms with Gasteiger partial charge in [0.05, 0.1) is 19.3 Å². The van der Waals surface area contributed by atoms with Crippen molar-refractivity contribution in [2.45, 2.75) is 40.8 Å². The quantitative estimate of drug-likeness (QED) is 0.418. The molecular formula is C22H35N5O2S. The molecule has 0 saturated carbocycles.